The van der Waals surface area contributed by atoms with Gasteiger partial charge in [-0.25, -0.2) is 0 Å². The van der Waals surface area contributed by atoms with Gasteiger partial charge in [0.1, 0.15) is 0 Å². The Morgan fingerprint density at radius 3 is 2.06 bits per heavy atom. The fourth-order valence-electron chi connectivity index (χ4n) is 1.60. The first-order valence-corrected chi connectivity index (χ1v) is 5.50. The molecule has 16 heavy (non-hydrogen) atoms. The van der Waals surface area contributed by atoms with Gasteiger partial charge in [-0.15, -0.1) is 0 Å². The topological polar surface area (TPSA) is 44.0 Å². The highest BCUT2D eigenvalue weighted by Gasteiger charge is 2.31. The van der Waals surface area contributed by atoms with E-state index in [1.807, 2.05) is 52.0 Å². The van der Waals surface area contributed by atoms with Crippen LogP contribution in [0.1, 0.15) is 37.8 Å². The largest absolute Gasteiger partial charge is 0.391 e. The Labute approximate surface area is 97.5 Å². The van der Waals surface area contributed by atoms with E-state index >= 15 is 0 Å². The molecular weight excluding hydrogens is 198 g/mol. The number of aryl methyl sites for hydroxylation is 1. The fraction of sp³-hybridized carbons (Fsp3) is 0.500. The molecule has 0 aromatic heterocycles. The van der Waals surface area contributed by atoms with Crippen LogP contribution in [0.2, 0.25) is 0 Å². The molecule has 2 atom stereocenters. The molecule has 0 aliphatic heterocycles. The highest BCUT2D eigenvalue weighted by atomic mass is 16.3. The predicted molar refractivity (Wildman–Crippen MR) is 65.0 cm³/mol. The molecule has 0 radical (unpaired) electrons. The van der Waals surface area contributed by atoms with Crippen molar-refractivity contribution in [1.29, 1.82) is 5.26 Å². The number of aliphatic hydroxyl groups is 1. The van der Waals surface area contributed by atoms with Crippen LogP contribution in [0.5, 0.6) is 0 Å². The molecule has 2 heteroatoms. The maximum Gasteiger partial charge on any atom is 0.0976 e. The molecule has 1 rings (SSSR count). The van der Waals surface area contributed by atoms with Crippen LogP contribution in [0.4, 0.5) is 0 Å². The average Bonchev–Trinajstić information content (AvgIpc) is 2.20. The summed E-state index contributed by atoms with van der Waals surface area (Å²) >= 11 is 0. The SMILES string of the molecule is Cc1ccc(C(C#N)C(O)C(C)(C)C)cc1. The molecule has 0 saturated carbocycles. The molecule has 0 fully saturated rings. The maximum atomic E-state index is 10.1. The second-order valence-electron chi connectivity index (χ2n) is 5.33. The summed E-state index contributed by atoms with van der Waals surface area (Å²) in [5.74, 6) is -0.458. The van der Waals surface area contributed by atoms with Crippen LogP contribution in [-0.2, 0) is 0 Å². The molecule has 1 N–H and O–H groups in total. The minimum atomic E-state index is -0.653. The molecule has 0 spiro atoms. The summed E-state index contributed by atoms with van der Waals surface area (Å²) in [6.45, 7) is 7.83. The third-order valence-corrected chi connectivity index (χ3v) is 2.78. The van der Waals surface area contributed by atoms with Crippen molar-refractivity contribution < 1.29 is 5.11 Å². The maximum absolute atomic E-state index is 10.1. The second-order valence-corrected chi connectivity index (χ2v) is 5.33. The standard InChI is InChI=1S/C14H19NO/c1-10-5-7-11(8-6-10)12(9-15)13(16)14(2,3)4/h5-8,12-13,16H,1-4H3. The van der Waals surface area contributed by atoms with Gasteiger partial charge in [-0.2, -0.15) is 5.26 Å². The third-order valence-electron chi connectivity index (χ3n) is 2.78. The molecule has 2 unspecified atom stereocenters. The van der Waals surface area contributed by atoms with Gasteiger partial charge in [0.15, 0.2) is 0 Å². The summed E-state index contributed by atoms with van der Waals surface area (Å²) in [5.41, 5.74) is 1.76. The number of nitrogens with zero attached hydrogens (tertiary/aromatic N) is 1. The number of aliphatic hydroxyl groups excluding tert-OH is 1. The Bertz CT molecular complexity index is 381. The van der Waals surface area contributed by atoms with Gasteiger partial charge >= 0.3 is 0 Å². The molecule has 1 aromatic rings. The van der Waals surface area contributed by atoms with Gasteiger partial charge in [0.25, 0.3) is 0 Å². The van der Waals surface area contributed by atoms with E-state index in [9.17, 15) is 10.4 Å². The van der Waals surface area contributed by atoms with Crippen LogP contribution >= 0.6 is 0 Å². The first-order valence-electron chi connectivity index (χ1n) is 5.50. The number of benzene rings is 1. The van der Waals surface area contributed by atoms with Crippen LogP contribution in [0.3, 0.4) is 0 Å². The number of hydrogen-bond donors (Lipinski definition) is 1. The fourth-order valence-corrected chi connectivity index (χ4v) is 1.60. The third kappa shape index (κ3) is 2.84. The summed E-state index contributed by atoms with van der Waals surface area (Å²) in [6, 6.07) is 9.96. The van der Waals surface area contributed by atoms with Crippen molar-refractivity contribution in [3.8, 4) is 6.07 Å². The molecule has 1 aromatic carbocycles. The van der Waals surface area contributed by atoms with Crippen molar-refractivity contribution >= 4 is 0 Å². The predicted octanol–water partition coefficient (Wildman–Crippen LogP) is 3.01. The first kappa shape index (κ1) is 12.7. The van der Waals surface area contributed by atoms with E-state index in [1.165, 1.54) is 0 Å². The molecular formula is C14H19NO. The van der Waals surface area contributed by atoms with E-state index in [4.69, 9.17) is 0 Å². The zero-order valence-electron chi connectivity index (χ0n) is 10.4. The van der Waals surface area contributed by atoms with Gasteiger partial charge in [-0.05, 0) is 17.9 Å². The average molecular weight is 217 g/mol. The van der Waals surface area contributed by atoms with E-state index < -0.39 is 12.0 Å². The molecule has 0 saturated heterocycles. The van der Waals surface area contributed by atoms with Gasteiger partial charge in [0, 0.05) is 0 Å². The minimum Gasteiger partial charge on any atom is -0.391 e. The summed E-state index contributed by atoms with van der Waals surface area (Å²) in [6.07, 6.45) is -0.653. The zero-order valence-corrected chi connectivity index (χ0v) is 10.4. The van der Waals surface area contributed by atoms with E-state index in [1.54, 1.807) is 0 Å². The van der Waals surface area contributed by atoms with Crippen LogP contribution < -0.4 is 0 Å². The van der Waals surface area contributed by atoms with E-state index in [-0.39, 0.29) is 5.41 Å². The van der Waals surface area contributed by atoms with Crippen molar-refractivity contribution in [2.24, 2.45) is 5.41 Å². The van der Waals surface area contributed by atoms with E-state index in [0.29, 0.717) is 0 Å². The lowest BCUT2D eigenvalue weighted by Crippen LogP contribution is -2.31. The van der Waals surface area contributed by atoms with Crippen molar-refractivity contribution in [2.45, 2.75) is 39.7 Å². The summed E-state index contributed by atoms with van der Waals surface area (Å²) < 4.78 is 0. The molecule has 0 aliphatic carbocycles. The first-order chi connectivity index (χ1) is 7.36. The molecule has 0 bridgehead atoms. The zero-order chi connectivity index (χ0) is 12.3. The van der Waals surface area contributed by atoms with Crippen molar-refractivity contribution in [3.05, 3.63) is 35.4 Å². The lowest BCUT2D eigenvalue weighted by atomic mass is 9.79. The lowest BCUT2D eigenvalue weighted by molar-refractivity contribution is 0.0527. The van der Waals surface area contributed by atoms with Gasteiger partial charge in [0.05, 0.1) is 18.1 Å². The molecule has 2 nitrogen and oxygen atoms in total. The smallest absolute Gasteiger partial charge is 0.0976 e. The Kier molecular flexibility index (Phi) is 3.72. The van der Waals surface area contributed by atoms with Crippen LogP contribution in [0.25, 0.3) is 0 Å². The van der Waals surface area contributed by atoms with Crippen LogP contribution in [-0.4, -0.2) is 11.2 Å². The van der Waals surface area contributed by atoms with Gasteiger partial charge in [0.2, 0.25) is 0 Å². The van der Waals surface area contributed by atoms with Gasteiger partial charge in [-0.3, -0.25) is 0 Å². The Balaban J connectivity index is 3.00. The minimum absolute atomic E-state index is 0.286. The van der Waals surface area contributed by atoms with Crippen molar-refractivity contribution in [3.63, 3.8) is 0 Å². The van der Waals surface area contributed by atoms with Crippen LogP contribution in [0, 0.1) is 23.7 Å². The highest BCUT2D eigenvalue weighted by molar-refractivity contribution is 5.29. The summed E-state index contributed by atoms with van der Waals surface area (Å²) in [4.78, 5) is 0. The van der Waals surface area contributed by atoms with Crippen molar-refractivity contribution in [1.82, 2.24) is 0 Å². The van der Waals surface area contributed by atoms with Gasteiger partial charge < -0.3 is 5.11 Å². The van der Waals surface area contributed by atoms with Gasteiger partial charge in [-0.1, -0.05) is 50.6 Å². The van der Waals surface area contributed by atoms with Crippen molar-refractivity contribution in [2.75, 3.05) is 0 Å². The highest BCUT2D eigenvalue weighted by Crippen LogP contribution is 2.31. The molecule has 86 valence electrons. The normalized spacial score (nSPS) is 15.2. The molecule has 0 amide bonds. The second kappa shape index (κ2) is 4.67. The molecule has 0 heterocycles. The number of rotatable bonds is 2. The Morgan fingerprint density at radius 1 is 1.19 bits per heavy atom. The Morgan fingerprint density at radius 2 is 1.69 bits per heavy atom. The monoisotopic (exact) mass is 217 g/mol. The Hall–Kier alpha value is -1.33. The lowest BCUT2D eigenvalue weighted by Gasteiger charge is -2.29. The number of nitriles is 1. The molecule has 0 aliphatic rings. The summed E-state index contributed by atoms with van der Waals surface area (Å²) in [5, 5.41) is 19.3. The van der Waals surface area contributed by atoms with E-state index in [0.717, 1.165) is 11.1 Å². The number of hydrogen-bond acceptors (Lipinski definition) is 2. The van der Waals surface area contributed by atoms with E-state index in [2.05, 4.69) is 6.07 Å². The van der Waals surface area contributed by atoms with Crippen LogP contribution in [0.15, 0.2) is 24.3 Å². The quantitative estimate of drug-likeness (QED) is 0.827. The summed E-state index contributed by atoms with van der Waals surface area (Å²) in [7, 11) is 0.